The summed E-state index contributed by atoms with van der Waals surface area (Å²) < 4.78 is 5.36. The van der Waals surface area contributed by atoms with E-state index in [9.17, 15) is 4.79 Å². The van der Waals surface area contributed by atoms with Gasteiger partial charge in [0.1, 0.15) is 5.75 Å². The van der Waals surface area contributed by atoms with Crippen molar-refractivity contribution in [3.63, 3.8) is 0 Å². The summed E-state index contributed by atoms with van der Waals surface area (Å²) in [6, 6.07) is 9.26. The lowest BCUT2D eigenvalue weighted by molar-refractivity contribution is -0.121. The van der Waals surface area contributed by atoms with Crippen LogP contribution in [-0.2, 0) is 11.2 Å². The number of aromatic nitrogens is 1. The lowest BCUT2D eigenvalue weighted by atomic mass is 10.0. The second-order valence-electron chi connectivity index (χ2n) is 5.29. The number of nitrogens with two attached hydrogens (primary N) is 1. The summed E-state index contributed by atoms with van der Waals surface area (Å²) in [5.41, 5.74) is 8.94. The molecule has 2 aromatic rings. The summed E-state index contributed by atoms with van der Waals surface area (Å²) in [4.78, 5) is 16.3. The molecule has 1 aromatic heterocycles. The van der Waals surface area contributed by atoms with E-state index in [1.165, 1.54) is 0 Å². The fourth-order valence-corrected chi connectivity index (χ4v) is 2.27. The number of aryl methyl sites for hydroxylation is 1. The van der Waals surface area contributed by atoms with E-state index in [1.807, 2.05) is 32.0 Å². The SMILES string of the molecule is COc1ccc(C)cc1C(C)NC(=O)Cc1ccc(N)cn1. The normalized spacial score (nSPS) is 11.8. The van der Waals surface area contributed by atoms with Crippen molar-refractivity contribution < 1.29 is 9.53 Å². The highest BCUT2D eigenvalue weighted by molar-refractivity contribution is 5.78. The number of rotatable bonds is 5. The molecule has 0 fully saturated rings. The van der Waals surface area contributed by atoms with Gasteiger partial charge in [-0.25, -0.2) is 0 Å². The average Bonchev–Trinajstić information content (AvgIpc) is 2.49. The van der Waals surface area contributed by atoms with Crippen molar-refractivity contribution in [3.8, 4) is 5.75 Å². The third-order valence-corrected chi connectivity index (χ3v) is 3.42. The monoisotopic (exact) mass is 299 g/mol. The number of nitrogens with zero attached hydrogens (tertiary/aromatic N) is 1. The zero-order valence-corrected chi connectivity index (χ0v) is 13.1. The molecular formula is C17H21N3O2. The van der Waals surface area contributed by atoms with Crippen molar-refractivity contribution in [3.05, 3.63) is 53.3 Å². The van der Waals surface area contributed by atoms with Crippen LogP contribution in [0.15, 0.2) is 36.5 Å². The second-order valence-corrected chi connectivity index (χ2v) is 5.29. The molecule has 0 spiro atoms. The Morgan fingerprint density at radius 3 is 2.77 bits per heavy atom. The number of pyridine rings is 1. The first-order valence-electron chi connectivity index (χ1n) is 7.14. The van der Waals surface area contributed by atoms with Crippen LogP contribution in [0.1, 0.15) is 29.8 Å². The number of carbonyl (C=O) groups excluding carboxylic acids is 1. The lowest BCUT2D eigenvalue weighted by Gasteiger charge is -2.18. The number of nitrogen functional groups attached to an aromatic ring is 1. The number of carbonyl (C=O) groups is 1. The van der Waals surface area contributed by atoms with Gasteiger partial charge in [0.05, 0.1) is 31.5 Å². The van der Waals surface area contributed by atoms with Crippen LogP contribution in [-0.4, -0.2) is 18.0 Å². The summed E-state index contributed by atoms with van der Waals surface area (Å²) in [5, 5.41) is 2.97. The molecule has 1 amide bonds. The first kappa shape index (κ1) is 15.8. The maximum absolute atomic E-state index is 12.1. The molecule has 3 N–H and O–H groups in total. The molecule has 0 saturated carbocycles. The first-order chi connectivity index (χ1) is 10.5. The van der Waals surface area contributed by atoms with Crippen molar-refractivity contribution in [1.82, 2.24) is 10.3 Å². The highest BCUT2D eigenvalue weighted by Gasteiger charge is 2.14. The lowest BCUT2D eigenvalue weighted by Crippen LogP contribution is -2.28. The third-order valence-electron chi connectivity index (χ3n) is 3.42. The predicted molar refractivity (Wildman–Crippen MR) is 86.6 cm³/mol. The molecule has 0 saturated heterocycles. The van der Waals surface area contributed by atoms with Gasteiger partial charge in [0.15, 0.2) is 0 Å². The molecule has 1 aromatic carbocycles. The number of ether oxygens (including phenoxy) is 1. The minimum absolute atomic E-state index is 0.0895. The zero-order valence-electron chi connectivity index (χ0n) is 13.1. The quantitative estimate of drug-likeness (QED) is 0.888. The molecule has 0 radical (unpaired) electrons. The number of nitrogens with one attached hydrogen (secondary N) is 1. The minimum atomic E-state index is -0.142. The number of amides is 1. The molecule has 2 rings (SSSR count). The molecule has 0 bridgehead atoms. The average molecular weight is 299 g/mol. The fourth-order valence-electron chi connectivity index (χ4n) is 2.27. The van der Waals surface area contributed by atoms with Gasteiger partial charge in [-0.1, -0.05) is 17.7 Å². The van der Waals surface area contributed by atoms with Crippen LogP contribution < -0.4 is 15.8 Å². The summed E-state index contributed by atoms with van der Waals surface area (Å²) in [6.07, 6.45) is 1.77. The Morgan fingerprint density at radius 1 is 1.36 bits per heavy atom. The van der Waals surface area contributed by atoms with Crippen LogP contribution in [0.25, 0.3) is 0 Å². The predicted octanol–water partition coefficient (Wildman–Crippen LogP) is 2.40. The Balaban J connectivity index is 2.05. The Kier molecular flexibility index (Phi) is 4.99. The van der Waals surface area contributed by atoms with E-state index in [1.54, 1.807) is 25.4 Å². The Bertz CT molecular complexity index is 653. The first-order valence-corrected chi connectivity index (χ1v) is 7.14. The summed E-state index contributed by atoms with van der Waals surface area (Å²) in [5.74, 6) is 0.678. The highest BCUT2D eigenvalue weighted by atomic mass is 16.5. The fraction of sp³-hybridized carbons (Fsp3) is 0.294. The number of methoxy groups -OCH3 is 1. The van der Waals surface area contributed by atoms with E-state index < -0.39 is 0 Å². The summed E-state index contributed by atoms with van der Waals surface area (Å²) in [6.45, 7) is 3.95. The van der Waals surface area contributed by atoms with Gasteiger partial charge in [-0.2, -0.15) is 0 Å². The van der Waals surface area contributed by atoms with E-state index in [0.29, 0.717) is 11.4 Å². The second kappa shape index (κ2) is 6.93. The molecule has 5 heteroatoms. The van der Waals surface area contributed by atoms with Crippen molar-refractivity contribution in [2.45, 2.75) is 26.3 Å². The van der Waals surface area contributed by atoms with Gasteiger partial charge in [-0.3, -0.25) is 9.78 Å². The number of hydrogen-bond donors (Lipinski definition) is 2. The Morgan fingerprint density at radius 2 is 2.14 bits per heavy atom. The molecule has 0 aliphatic carbocycles. The minimum Gasteiger partial charge on any atom is -0.496 e. The maximum Gasteiger partial charge on any atom is 0.226 e. The molecule has 1 atom stereocenters. The summed E-state index contributed by atoms with van der Waals surface area (Å²) >= 11 is 0. The van der Waals surface area contributed by atoms with Gasteiger partial charge in [0, 0.05) is 11.3 Å². The van der Waals surface area contributed by atoms with Crippen LogP contribution in [0.2, 0.25) is 0 Å². The molecule has 5 nitrogen and oxygen atoms in total. The van der Waals surface area contributed by atoms with Crippen LogP contribution in [0.4, 0.5) is 5.69 Å². The molecular weight excluding hydrogens is 278 g/mol. The molecule has 0 aliphatic heterocycles. The Hall–Kier alpha value is -2.56. The van der Waals surface area contributed by atoms with Crippen molar-refractivity contribution in [1.29, 1.82) is 0 Å². The van der Waals surface area contributed by atoms with Gasteiger partial charge in [-0.15, -0.1) is 0 Å². The van der Waals surface area contributed by atoms with Crippen LogP contribution in [0, 0.1) is 6.92 Å². The number of anilines is 1. The highest BCUT2D eigenvalue weighted by Crippen LogP contribution is 2.26. The molecule has 1 heterocycles. The molecule has 22 heavy (non-hydrogen) atoms. The molecule has 1 unspecified atom stereocenters. The van der Waals surface area contributed by atoms with E-state index >= 15 is 0 Å². The van der Waals surface area contributed by atoms with E-state index in [-0.39, 0.29) is 18.4 Å². The van der Waals surface area contributed by atoms with E-state index in [0.717, 1.165) is 16.9 Å². The van der Waals surface area contributed by atoms with Gasteiger partial charge in [0.25, 0.3) is 0 Å². The number of hydrogen-bond acceptors (Lipinski definition) is 4. The standard InChI is InChI=1S/C17H21N3O2/c1-11-4-7-16(22-3)15(8-11)12(2)20-17(21)9-14-6-5-13(18)10-19-14/h4-8,10,12H,9,18H2,1-3H3,(H,20,21). The van der Waals surface area contributed by atoms with Crippen molar-refractivity contribution in [2.75, 3.05) is 12.8 Å². The van der Waals surface area contributed by atoms with E-state index in [2.05, 4.69) is 10.3 Å². The van der Waals surface area contributed by atoms with Crippen molar-refractivity contribution >= 4 is 11.6 Å². The zero-order chi connectivity index (χ0) is 16.1. The topological polar surface area (TPSA) is 77.2 Å². The van der Waals surface area contributed by atoms with Gasteiger partial charge >= 0.3 is 0 Å². The van der Waals surface area contributed by atoms with Gasteiger partial charge in [0.2, 0.25) is 5.91 Å². The maximum atomic E-state index is 12.1. The largest absolute Gasteiger partial charge is 0.496 e. The van der Waals surface area contributed by atoms with Crippen LogP contribution >= 0.6 is 0 Å². The van der Waals surface area contributed by atoms with Gasteiger partial charge in [-0.05, 0) is 32.0 Å². The van der Waals surface area contributed by atoms with Crippen LogP contribution in [0.5, 0.6) is 5.75 Å². The van der Waals surface area contributed by atoms with Gasteiger partial charge < -0.3 is 15.8 Å². The number of benzene rings is 1. The van der Waals surface area contributed by atoms with E-state index in [4.69, 9.17) is 10.5 Å². The molecule has 116 valence electrons. The third kappa shape index (κ3) is 3.97. The van der Waals surface area contributed by atoms with Crippen molar-refractivity contribution in [2.24, 2.45) is 0 Å². The smallest absolute Gasteiger partial charge is 0.226 e. The Labute approximate surface area is 130 Å². The summed E-state index contributed by atoms with van der Waals surface area (Å²) in [7, 11) is 1.63. The molecule has 0 aliphatic rings. The van der Waals surface area contributed by atoms with Crippen LogP contribution in [0.3, 0.4) is 0 Å².